The van der Waals surface area contributed by atoms with E-state index in [0.29, 0.717) is 29.7 Å². The molecule has 0 unspecified atom stereocenters. The smallest absolute Gasteiger partial charge is 0.320 e. The zero-order valence-corrected chi connectivity index (χ0v) is 17.9. The molecule has 0 saturated carbocycles. The third kappa shape index (κ3) is 3.76. The van der Waals surface area contributed by atoms with E-state index >= 15 is 0 Å². The van der Waals surface area contributed by atoms with Gasteiger partial charge in [0.25, 0.3) is 0 Å². The van der Waals surface area contributed by atoms with Crippen LogP contribution in [-0.4, -0.2) is 31.1 Å². The molecule has 1 aromatic carbocycles. The van der Waals surface area contributed by atoms with Crippen molar-refractivity contribution in [2.24, 2.45) is 11.8 Å². The normalized spacial score (nSPS) is 19.9. The first-order valence-electron chi connectivity index (χ1n) is 10.1. The lowest BCUT2D eigenvalue weighted by molar-refractivity contribution is -0.159. The van der Waals surface area contributed by atoms with Crippen LogP contribution in [0.5, 0.6) is 0 Å². The summed E-state index contributed by atoms with van der Waals surface area (Å²) in [5, 5.41) is 1.59. The van der Waals surface area contributed by atoms with E-state index in [4.69, 9.17) is 31.8 Å². The number of allylic oxidation sites excluding steroid dienone is 2. The summed E-state index contributed by atoms with van der Waals surface area (Å²) in [6.45, 7) is 0. The zero-order chi connectivity index (χ0) is 21.4. The van der Waals surface area contributed by atoms with Gasteiger partial charge in [0, 0.05) is 27.4 Å². The van der Waals surface area contributed by atoms with Gasteiger partial charge in [-0.3, -0.25) is 14.6 Å². The molecule has 7 heteroatoms. The molecule has 0 saturated heterocycles. The highest BCUT2D eigenvalue weighted by Gasteiger charge is 2.35. The van der Waals surface area contributed by atoms with Crippen LogP contribution < -0.4 is 5.73 Å². The minimum absolute atomic E-state index is 0.293. The first-order chi connectivity index (χ1) is 14.4. The molecule has 0 spiro atoms. The van der Waals surface area contributed by atoms with Gasteiger partial charge in [-0.2, -0.15) is 0 Å². The maximum Gasteiger partial charge on any atom is 0.320 e. The number of ether oxygens (including phenoxy) is 2. The average Bonchev–Trinajstić information content (AvgIpc) is 2.72. The standard InChI is InChI=1S/C23H25ClN2O4/c1-29-22(27)17(23(28)30-2)5-3-12-7-13-9-14(8-12)20-19(10-13)26-18-11-15(24)4-6-16(18)21(20)25/h4,6-7,11,13-14,17H,3,5,8-10H2,1-2H3,(H2,25,26)/t13-,14+/m1/s1. The molecule has 6 nitrogen and oxygen atoms in total. The first kappa shape index (κ1) is 20.7. The van der Waals surface area contributed by atoms with Gasteiger partial charge >= 0.3 is 11.9 Å². The van der Waals surface area contributed by atoms with E-state index in [2.05, 4.69) is 6.08 Å². The van der Waals surface area contributed by atoms with Crippen LogP contribution >= 0.6 is 11.6 Å². The largest absolute Gasteiger partial charge is 0.468 e. The SMILES string of the molecule is COC(=O)C(CCC1=C[C@H]2Cc3nc4cc(Cl)ccc4c(N)c3[C@@H](C1)C2)C(=O)OC. The van der Waals surface area contributed by atoms with Crippen molar-refractivity contribution in [1.82, 2.24) is 4.98 Å². The molecule has 2 aliphatic carbocycles. The van der Waals surface area contributed by atoms with Crippen molar-refractivity contribution in [1.29, 1.82) is 0 Å². The van der Waals surface area contributed by atoms with Crippen LogP contribution in [0.4, 0.5) is 5.69 Å². The van der Waals surface area contributed by atoms with E-state index in [1.165, 1.54) is 19.8 Å². The van der Waals surface area contributed by atoms with Gasteiger partial charge in [0.1, 0.15) is 0 Å². The molecule has 4 rings (SSSR count). The number of halogens is 1. The highest BCUT2D eigenvalue weighted by atomic mass is 35.5. The van der Waals surface area contributed by atoms with E-state index in [9.17, 15) is 9.59 Å². The topological polar surface area (TPSA) is 91.5 Å². The van der Waals surface area contributed by atoms with E-state index in [1.807, 2.05) is 18.2 Å². The maximum absolute atomic E-state index is 12.0. The second kappa shape index (κ2) is 8.26. The fourth-order valence-electron chi connectivity index (χ4n) is 4.92. The fraction of sp³-hybridized carbons (Fsp3) is 0.435. The number of rotatable bonds is 5. The van der Waals surface area contributed by atoms with Gasteiger partial charge in [0.05, 0.1) is 19.7 Å². The number of nitrogen functional groups attached to an aromatic ring is 1. The van der Waals surface area contributed by atoms with Crippen molar-refractivity contribution in [3.63, 3.8) is 0 Å². The van der Waals surface area contributed by atoms with Gasteiger partial charge in [-0.15, -0.1) is 0 Å². The number of benzene rings is 1. The summed E-state index contributed by atoms with van der Waals surface area (Å²) in [5.74, 6) is -1.33. The number of anilines is 1. The number of hydrogen-bond acceptors (Lipinski definition) is 6. The minimum Gasteiger partial charge on any atom is -0.468 e. The van der Waals surface area contributed by atoms with Crippen molar-refractivity contribution in [2.75, 3.05) is 20.0 Å². The maximum atomic E-state index is 12.0. The average molecular weight is 429 g/mol. The number of carbonyl (C=O) groups excluding carboxylic acids is 2. The van der Waals surface area contributed by atoms with Crippen LogP contribution in [0.1, 0.15) is 42.9 Å². The van der Waals surface area contributed by atoms with Crippen molar-refractivity contribution in [2.45, 2.75) is 38.0 Å². The van der Waals surface area contributed by atoms with Crippen LogP contribution in [0.2, 0.25) is 5.02 Å². The van der Waals surface area contributed by atoms with E-state index in [0.717, 1.165) is 47.1 Å². The Morgan fingerprint density at radius 2 is 1.97 bits per heavy atom. The highest BCUT2D eigenvalue weighted by Crippen LogP contribution is 2.47. The lowest BCUT2D eigenvalue weighted by Gasteiger charge is -2.36. The highest BCUT2D eigenvalue weighted by molar-refractivity contribution is 6.31. The second-order valence-electron chi connectivity index (χ2n) is 8.11. The number of nitrogens with two attached hydrogens (primary N) is 1. The number of methoxy groups -OCH3 is 2. The summed E-state index contributed by atoms with van der Waals surface area (Å²) in [6.07, 6.45) is 6.03. The summed E-state index contributed by atoms with van der Waals surface area (Å²) in [4.78, 5) is 28.8. The van der Waals surface area contributed by atoms with Crippen molar-refractivity contribution < 1.29 is 19.1 Å². The Bertz CT molecular complexity index is 1030. The summed E-state index contributed by atoms with van der Waals surface area (Å²) < 4.78 is 9.54. The van der Waals surface area contributed by atoms with Crippen molar-refractivity contribution in [3.05, 3.63) is 46.1 Å². The van der Waals surface area contributed by atoms with Crippen molar-refractivity contribution in [3.8, 4) is 0 Å². The Labute approximate surface area is 180 Å². The molecule has 2 aromatic rings. The summed E-state index contributed by atoms with van der Waals surface area (Å²) in [5.41, 5.74) is 11.7. The lowest BCUT2D eigenvalue weighted by atomic mass is 9.70. The molecular formula is C23H25ClN2O4. The van der Waals surface area contributed by atoms with E-state index in [1.54, 1.807) is 0 Å². The Kier molecular flexibility index (Phi) is 5.69. The Morgan fingerprint density at radius 1 is 1.23 bits per heavy atom. The van der Waals surface area contributed by atoms with Gasteiger partial charge in [0.2, 0.25) is 0 Å². The van der Waals surface area contributed by atoms with Gasteiger partial charge in [-0.05, 0) is 62.1 Å². The molecule has 30 heavy (non-hydrogen) atoms. The molecule has 2 aliphatic rings. The number of fused-ring (bicyclic) bond motifs is 5. The number of nitrogens with zero attached hydrogens (tertiary/aromatic N) is 1. The lowest BCUT2D eigenvalue weighted by Crippen LogP contribution is -2.28. The van der Waals surface area contributed by atoms with Crippen LogP contribution in [0.25, 0.3) is 10.9 Å². The summed E-state index contributed by atoms with van der Waals surface area (Å²) in [6, 6.07) is 5.63. The molecule has 2 N–H and O–H groups in total. The van der Waals surface area contributed by atoms with Gasteiger partial charge in [-0.25, -0.2) is 0 Å². The number of carbonyl (C=O) groups is 2. The van der Waals surface area contributed by atoms with Crippen LogP contribution in [0.15, 0.2) is 29.8 Å². The van der Waals surface area contributed by atoms with Crippen molar-refractivity contribution >= 4 is 40.1 Å². The number of pyridine rings is 1. The fourth-order valence-corrected chi connectivity index (χ4v) is 5.09. The predicted molar refractivity (Wildman–Crippen MR) is 115 cm³/mol. The number of hydrogen-bond donors (Lipinski definition) is 1. The molecule has 1 heterocycles. The third-order valence-electron chi connectivity index (χ3n) is 6.26. The Hall–Kier alpha value is -2.60. The van der Waals surface area contributed by atoms with Crippen LogP contribution in [-0.2, 0) is 25.5 Å². The summed E-state index contributed by atoms with van der Waals surface area (Å²) >= 11 is 6.14. The second-order valence-corrected chi connectivity index (χ2v) is 8.55. The molecule has 0 radical (unpaired) electrons. The van der Waals surface area contributed by atoms with Crippen LogP contribution in [0, 0.1) is 11.8 Å². The Balaban J connectivity index is 1.57. The van der Waals surface area contributed by atoms with E-state index in [-0.39, 0.29) is 0 Å². The Morgan fingerprint density at radius 3 is 2.67 bits per heavy atom. The number of esters is 2. The van der Waals surface area contributed by atoms with Gasteiger partial charge in [0.15, 0.2) is 5.92 Å². The monoisotopic (exact) mass is 428 g/mol. The molecule has 0 amide bonds. The first-order valence-corrected chi connectivity index (χ1v) is 10.5. The molecule has 158 valence electrons. The molecule has 1 aromatic heterocycles. The van der Waals surface area contributed by atoms with E-state index < -0.39 is 17.9 Å². The molecule has 2 atom stereocenters. The molecule has 0 fully saturated rings. The molecule has 0 aliphatic heterocycles. The third-order valence-corrected chi connectivity index (χ3v) is 6.50. The van der Waals surface area contributed by atoms with Crippen LogP contribution in [0.3, 0.4) is 0 Å². The van der Waals surface area contributed by atoms with Gasteiger partial charge < -0.3 is 15.2 Å². The minimum atomic E-state index is -0.893. The zero-order valence-electron chi connectivity index (χ0n) is 17.1. The summed E-state index contributed by atoms with van der Waals surface area (Å²) in [7, 11) is 2.57. The molecule has 2 bridgehead atoms. The quantitative estimate of drug-likeness (QED) is 0.436. The van der Waals surface area contributed by atoms with Gasteiger partial charge in [-0.1, -0.05) is 23.3 Å². The predicted octanol–water partition coefficient (Wildman–Crippen LogP) is 4.19. The molecular weight excluding hydrogens is 404 g/mol. The number of aromatic nitrogens is 1.